The van der Waals surface area contributed by atoms with Crippen molar-refractivity contribution in [1.82, 2.24) is 5.32 Å². The van der Waals surface area contributed by atoms with Gasteiger partial charge in [-0.15, -0.1) is 0 Å². The fourth-order valence-electron chi connectivity index (χ4n) is 0.572. The second kappa shape index (κ2) is 2.67. The minimum Gasteiger partial charge on any atom is -0.391 e. The maximum absolute atomic E-state index is 3.20. The van der Waals surface area contributed by atoms with Gasteiger partial charge in [0.1, 0.15) is 0 Å². The van der Waals surface area contributed by atoms with E-state index in [1.165, 1.54) is 0 Å². The van der Waals surface area contributed by atoms with Crippen molar-refractivity contribution >= 4 is 0 Å². The zero-order valence-corrected chi connectivity index (χ0v) is 4.28. The molecule has 7 heavy (non-hydrogen) atoms. The van der Waals surface area contributed by atoms with Crippen molar-refractivity contribution in [3.8, 4) is 0 Å². The second-order valence-electron chi connectivity index (χ2n) is 1.56. The van der Waals surface area contributed by atoms with Crippen molar-refractivity contribution in [3.05, 3.63) is 18.7 Å². The molecule has 0 saturated carbocycles. The van der Waals surface area contributed by atoms with Gasteiger partial charge in [-0.3, -0.25) is 0 Å². The lowest BCUT2D eigenvalue weighted by atomic mass is 10.2. The Morgan fingerprint density at radius 1 is 1.57 bits per heavy atom. The highest BCUT2D eigenvalue weighted by Crippen LogP contribution is 1.95. The van der Waals surface area contributed by atoms with Crippen molar-refractivity contribution in [2.75, 3.05) is 6.54 Å². The predicted molar refractivity (Wildman–Crippen MR) is 29.6 cm³/mol. The molecule has 0 aromatic heterocycles. The molecule has 0 unspecified atom stereocenters. The van der Waals surface area contributed by atoms with Crippen LogP contribution in [0.1, 0.15) is 12.8 Å². The molecule has 38 valence electrons. The van der Waals surface area contributed by atoms with E-state index in [4.69, 9.17) is 0 Å². The minimum absolute atomic E-state index is 1.01. The molecule has 1 aliphatic rings. The molecule has 0 amide bonds. The van der Waals surface area contributed by atoms with Crippen LogP contribution in [0.5, 0.6) is 0 Å². The Morgan fingerprint density at radius 2 is 2.57 bits per heavy atom. The molecular weight excluding hydrogens is 86.1 g/mol. The lowest BCUT2D eigenvalue weighted by Gasteiger charge is -1.90. The molecule has 1 N–H and O–H groups in total. The summed E-state index contributed by atoms with van der Waals surface area (Å²) in [5, 5.41) is 3.10. The third kappa shape index (κ3) is 1.62. The molecule has 0 saturated heterocycles. The average molecular weight is 95.1 g/mol. The van der Waals surface area contributed by atoms with Crippen LogP contribution in [0, 0.1) is 6.42 Å². The first-order valence-corrected chi connectivity index (χ1v) is 2.59. The van der Waals surface area contributed by atoms with Gasteiger partial charge in [-0.25, -0.2) is 0 Å². The van der Waals surface area contributed by atoms with Gasteiger partial charge in [-0.2, -0.15) is 0 Å². The Hall–Kier alpha value is -0.460. The number of hydrogen-bond acceptors (Lipinski definition) is 1. The van der Waals surface area contributed by atoms with Crippen LogP contribution in [0.2, 0.25) is 0 Å². The highest BCUT2D eigenvalue weighted by atomic mass is 14.8. The van der Waals surface area contributed by atoms with Gasteiger partial charge in [0.25, 0.3) is 0 Å². The summed E-state index contributed by atoms with van der Waals surface area (Å²) in [6.45, 7) is 1.05. The van der Waals surface area contributed by atoms with Crippen molar-refractivity contribution in [1.29, 1.82) is 0 Å². The number of nitrogens with one attached hydrogen (secondary N) is 1. The van der Waals surface area contributed by atoms with Crippen molar-refractivity contribution in [3.63, 3.8) is 0 Å². The van der Waals surface area contributed by atoms with Gasteiger partial charge in [0.15, 0.2) is 0 Å². The Kier molecular flexibility index (Phi) is 1.79. The topological polar surface area (TPSA) is 12.0 Å². The molecule has 0 aromatic carbocycles. The standard InChI is InChI=1S/C6H9N/c1-2-4-6-7-5-3-1/h3,5,7H,1,4,6H2. The van der Waals surface area contributed by atoms with Gasteiger partial charge >= 0.3 is 0 Å². The first-order chi connectivity index (χ1) is 3.50. The van der Waals surface area contributed by atoms with E-state index < -0.39 is 0 Å². The Bertz CT molecular complexity index is 58.6. The normalized spacial score (nSPS) is 20.6. The molecular formula is C6H9N. The molecule has 0 fully saturated rings. The molecule has 0 aliphatic carbocycles. The molecule has 0 aromatic rings. The second-order valence-corrected chi connectivity index (χ2v) is 1.56. The fraction of sp³-hybridized carbons (Fsp3) is 0.500. The van der Waals surface area contributed by atoms with Crippen molar-refractivity contribution in [2.45, 2.75) is 12.8 Å². The molecule has 0 bridgehead atoms. The van der Waals surface area contributed by atoms with E-state index in [1.807, 2.05) is 6.20 Å². The number of hydrogen-bond donors (Lipinski definition) is 1. The molecule has 1 rings (SSSR count). The van der Waals surface area contributed by atoms with Gasteiger partial charge in [0.2, 0.25) is 0 Å². The maximum atomic E-state index is 3.20. The van der Waals surface area contributed by atoms with E-state index in [2.05, 4.69) is 17.8 Å². The van der Waals surface area contributed by atoms with E-state index in [0.717, 1.165) is 19.4 Å². The van der Waals surface area contributed by atoms with Crippen LogP contribution in [-0.2, 0) is 0 Å². The lowest BCUT2D eigenvalue weighted by molar-refractivity contribution is 0.831. The van der Waals surface area contributed by atoms with Crippen LogP contribution in [0.4, 0.5) is 0 Å². The van der Waals surface area contributed by atoms with E-state index in [1.54, 1.807) is 0 Å². The first-order valence-electron chi connectivity index (χ1n) is 2.59. The quantitative estimate of drug-likeness (QED) is 0.472. The van der Waals surface area contributed by atoms with Crippen LogP contribution in [0.3, 0.4) is 0 Å². The van der Waals surface area contributed by atoms with E-state index in [0.29, 0.717) is 0 Å². The number of rotatable bonds is 0. The SMILES string of the molecule is [C]1CC=CNCC1. The summed E-state index contributed by atoms with van der Waals surface area (Å²) in [5.74, 6) is 0. The average Bonchev–Trinajstić information content (AvgIpc) is 1.90. The summed E-state index contributed by atoms with van der Waals surface area (Å²) in [4.78, 5) is 0. The van der Waals surface area contributed by atoms with Crippen LogP contribution in [0.25, 0.3) is 0 Å². The van der Waals surface area contributed by atoms with Gasteiger partial charge in [0.05, 0.1) is 0 Å². The van der Waals surface area contributed by atoms with Crippen molar-refractivity contribution in [2.24, 2.45) is 0 Å². The van der Waals surface area contributed by atoms with E-state index in [-0.39, 0.29) is 0 Å². The van der Waals surface area contributed by atoms with Crippen LogP contribution in [-0.4, -0.2) is 6.54 Å². The minimum atomic E-state index is 1.01. The Labute approximate surface area is 44.4 Å². The third-order valence-electron chi connectivity index (χ3n) is 0.944. The molecule has 1 heterocycles. The highest BCUT2D eigenvalue weighted by molar-refractivity contribution is 4.89. The molecule has 2 radical (unpaired) electrons. The molecule has 1 nitrogen and oxygen atoms in total. The fourth-order valence-corrected chi connectivity index (χ4v) is 0.572. The van der Waals surface area contributed by atoms with Crippen molar-refractivity contribution < 1.29 is 0 Å². The molecule has 1 aliphatic heterocycles. The molecule has 0 spiro atoms. The Balaban J connectivity index is 2.20. The van der Waals surface area contributed by atoms with E-state index >= 15 is 0 Å². The van der Waals surface area contributed by atoms with Gasteiger partial charge in [-0.1, -0.05) is 6.08 Å². The monoisotopic (exact) mass is 95.1 g/mol. The van der Waals surface area contributed by atoms with Gasteiger partial charge in [-0.05, 0) is 25.5 Å². The zero-order valence-electron chi connectivity index (χ0n) is 4.28. The lowest BCUT2D eigenvalue weighted by Crippen LogP contribution is -2.03. The largest absolute Gasteiger partial charge is 0.391 e. The summed E-state index contributed by atoms with van der Waals surface area (Å²) in [7, 11) is 0. The molecule has 0 atom stereocenters. The third-order valence-corrected chi connectivity index (χ3v) is 0.944. The summed E-state index contributed by atoms with van der Waals surface area (Å²) >= 11 is 0. The smallest absolute Gasteiger partial charge is 0.0147 e. The van der Waals surface area contributed by atoms with Crippen LogP contribution < -0.4 is 5.32 Å². The first kappa shape index (κ1) is 4.69. The maximum Gasteiger partial charge on any atom is 0.0147 e. The summed E-state index contributed by atoms with van der Waals surface area (Å²) < 4.78 is 0. The van der Waals surface area contributed by atoms with Crippen LogP contribution >= 0.6 is 0 Å². The van der Waals surface area contributed by atoms with Gasteiger partial charge in [0, 0.05) is 6.54 Å². The number of allylic oxidation sites excluding steroid dienone is 1. The zero-order chi connectivity index (χ0) is 4.95. The van der Waals surface area contributed by atoms with Gasteiger partial charge < -0.3 is 5.32 Å². The summed E-state index contributed by atoms with van der Waals surface area (Å²) in [6, 6.07) is 0. The predicted octanol–water partition coefficient (Wildman–Crippen LogP) is 0.965. The van der Waals surface area contributed by atoms with E-state index in [9.17, 15) is 0 Å². The summed E-state index contributed by atoms with van der Waals surface area (Å²) in [5.41, 5.74) is 0. The highest BCUT2D eigenvalue weighted by Gasteiger charge is 1.87. The molecule has 1 heteroatoms. The van der Waals surface area contributed by atoms with Crippen LogP contribution in [0.15, 0.2) is 12.3 Å². The summed E-state index contributed by atoms with van der Waals surface area (Å²) in [6.07, 6.45) is 9.34. The Morgan fingerprint density at radius 3 is 3.57 bits per heavy atom.